The Morgan fingerprint density at radius 1 is 0.906 bits per heavy atom. The Labute approximate surface area is 200 Å². The van der Waals surface area contributed by atoms with E-state index in [4.69, 9.17) is 12.2 Å². The van der Waals surface area contributed by atoms with Gasteiger partial charge in [0.2, 0.25) is 5.91 Å². The van der Waals surface area contributed by atoms with Crippen LogP contribution in [0.4, 0.5) is 17.6 Å². The number of amides is 2. The van der Waals surface area contributed by atoms with Gasteiger partial charge in [0.05, 0.1) is 10.6 Å². The number of rotatable bonds is 13. The number of halogens is 4. The molecule has 0 bridgehead atoms. The second-order valence-electron chi connectivity index (χ2n) is 7.58. The number of carbonyl (C=O) groups excluding carboxylic acids is 2. The van der Waals surface area contributed by atoms with Gasteiger partial charge in [-0.25, -0.2) is 22.5 Å². The fraction of sp³-hybridized carbons (Fsp3) is 0.591. The molecule has 1 fully saturated rings. The summed E-state index contributed by atoms with van der Waals surface area (Å²) in [4.78, 5) is 23.7. The standard InChI is InChI=1S/C22H27F4NO2S3/c1-2-3-4-5-6-7-8-9-10-11-12-31-20-18(25)16(23)15(17(24)19(20)26)21(29)27-14(28)13-32-22(27)30/h2-13H2,1H3. The predicted octanol–water partition coefficient (Wildman–Crippen LogP) is 7.26. The molecule has 3 nitrogen and oxygen atoms in total. The van der Waals surface area contributed by atoms with Gasteiger partial charge >= 0.3 is 0 Å². The maximum atomic E-state index is 14.5. The number of thiocarbonyl (C=S) groups is 1. The Bertz CT molecular complexity index is 806. The zero-order valence-electron chi connectivity index (χ0n) is 18.0. The van der Waals surface area contributed by atoms with Gasteiger partial charge in [0, 0.05) is 0 Å². The average Bonchev–Trinajstić information content (AvgIpc) is 3.10. The van der Waals surface area contributed by atoms with Crippen LogP contribution in [0.2, 0.25) is 0 Å². The molecule has 0 atom stereocenters. The molecule has 0 radical (unpaired) electrons. The Morgan fingerprint density at radius 3 is 1.88 bits per heavy atom. The van der Waals surface area contributed by atoms with Crippen molar-refractivity contribution in [2.24, 2.45) is 0 Å². The molecule has 1 aliphatic rings. The van der Waals surface area contributed by atoms with Crippen LogP contribution < -0.4 is 0 Å². The van der Waals surface area contributed by atoms with Gasteiger partial charge < -0.3 is 0 Å². The number of imide groups is 1. The second-order valence-corrected chi connectivity index (χ2v) is 10.3. The van der Waals surface area contributed by atoms with Crippen LogP contribution in [0, 0.1) is 23.3 Å². The molecular formula is C22H27F4NO2S3. The molecule has 2 amide bonds. The normalized spacial score (nSPS) is 14.0. The van der Waals surface area contributed by atoms with Gasteiger partial charge in [0.25, 0.3) is 5.91 Å². The molecule has 1 aromatic rings. The minimum Gasteiger partial charge on any atom is -0.273 e. The van der Waals surface area contributed by atoms with Gasteiger partial charge in [-0.3, -0.25) is 9.59 Å². The zero-order chi connectivity index (χ0) is 23.7. The van der Waals surface area contributed by atoms with Crippen LogP contribution in [0.5, 0.6) is 0 Å². The third-order valence-corrected chi connectivity index (χ3v) is 7.63. The average molecular weight is 510 g/mol. The van der Waals surface area contributed by atoms with Crippen molar-refractivity contribution >= 4 is 51.9 Å². The van der Waals surface area contributed by atoms with Crippen molar-refractivity contribution in [2.75, 3.05) is 11.5 Å². The molecule has 0 aromatic heterocycles. The first-order valence-electron chi connectivity index (χ1n) is 10.8. The molecule has 1 aliphatic heterocycles. The first-order chi connectivity index (χ1) is 15.3. The SMILES string of the molecule is CCCCCCCCCCCCSc1c(F)c(F)c(C(=O)N2C(=O)CSC2=S)c(F)c1F. The van der Waals surface area contributed by atoms with Crippen molar-refractivity contribution in [2.45, 2.75) is 76.0 Å². The van der Waals surface area contributed by atoms with Crippen molar-refractivity contribution in [3.05, 3.63) is 28.8 Å². The van der Waals surface area contributed by atoms with E-state index in [0.717, 1.165) is 37.4 Å². The Hall–Kier alpha value is -1.13. The minimum atomic E-state index is -1.81. The maximum absolute atomic E-state index is 14.5. The van der Waals surface area contributed by atoms with Gasteiger partial charge in [0.15, 0.2) is 27.6 Å². The molecule has 1 heterocycles. The summed E-state index contributed by atoms with van der Waals surface area (Å²) in [6, 6.07) is 0. The maximum Gasteiger partial charge on any atom is 0.272 e. The second kappa shape index (κ2) is 13.5. The number of unbranched alkanes of at least 4 members (excludes halogenated alkanes) is 9. The highest BCUT2D eigenvalue weighted by atomic mass is 32.2. The Kier molecular flexibility index (Phi) is 11.5. The third-order valence-electron chi connectivity index (χ3n) is 5.14. The van der Waals surface area contributed by atoms with Gasteiger partial charge in [-0.1, -0.05) is 88.7 Å². The molecule has 1 saturated heterocycles. The molecule has 0 aliphatic carbocycles. The Morgan fingerprint density at radius 2 is 1.41 bits per heavy atom. The van der Waals surface area contributed by atoms with Crippen molar-refractivity contribution < 1.29 is 27.2 Å². The summed E-state index contributed by atoms with van der Waals surface area (Å²) in [5.41, 5.74) is -1.44. The number of hydrogen-bond acceptors (Lipinski definition) is 5. The van der Waals surface area contributed by atoms with E-state index in [2.05, 4.69) is 6.92 Å². The van der Waals surface area contributed by atoms with Crippen molar-refractivity contribution in [3.8, 4) is 0 Å². The summed E-state index contributed by atoms with van der Waals surface area (Å²) in [5.74, 6) is -9.05. The summed E-state index contributed by atoms with van der Waals surface area (Å²) in [6.45, 7) is 2.18. The van der Waals surface area contributed by atoms with E-state index in [0.29, 0.717) is 28.8 Å². The molecule has 178 valence electrons. The third kappa shape index (κ3) is 6.93. The van der Waals surface area contributed by atoms with E-state index in [1.807, 2.05) is 0 Å². The molecule has 32 heavy (non-hydrogen) atoms. The quantitative estimate of drug-likeness (QED) is 0.0699. The number of hydrogen-bond donors (Lipinski definition) is 0. The first kappa shape index (κ1) is 27.1. The smallest absolute Gasteiger partial charge is 0.272 e. The van der Waals surface area contributed by atoms with Crippen LogP contribution in [0.15, 0.2) is 4.90 Å². The van der Waals surface area contributed by atoms with Crippen LogP contribution in [-0.2, 0) is 4.79 Å². The number of nitrogens with zero attached hydrogens (tertiary/aromatic N) is 1. The van der Waals surface area contributed by atoms with Crippen LogP contribution in [0.25, 0.3) is 0 Å². The largest absolute Gasteiger partial charge is 0.273 e. The lowest BCUT2D eigenvalue weighted by molar-refractivity contribution is -0.122. The molecule has 10 heteroatoms. The highest BCUT2D eigenvalue weighted by Crippen LogP contribution is 2.34. The van der Waals surface area contributed by atoms with E-state index in [9.17, 15) is 27.2 Å². The van der Waals surface area contributed by atoms with Crippen molar-refractivity contribution in [1.82, 2.24) is 4.90 Å². The topological polar surface area (TPSA) is 37.4 Å². The van der Waals surface area contributed by atoms with Crippen LogP contribution in [0.1, 0.15) is 81.5 Å². The molecule has 1 aromatic carbocycles. The van der Waals surface area contributed by atoms with E-state index in [1.165, 1.54) is 32.1 Å². The molecule has 0 unspecified atom stereocenters. The predicted molar refractivity (Wildman–Crippen MR) is 125 cm³/mol. The van der Waals surface area contributed by atoms with Gasteiger partial charge in [0.1, 0.15) is 5.56 Å². The van der Waals surface area contributed by atoms with Gasteiger partial charge in [-0.15, -0.1) is 11.8 Å². The van der Waals surface area contributed by atoms with E-state index in [1.54, 1.807) is 0 Å². The lowest BCUT2D eigenvalue weighted by Crippen LogP contribution is -2.36. The fourth-order valence-electron chi connectivity index (χ4n) is 3.35. The van der Waals surface area contributed by atoms with E-state index >= 15 is 0 Å². The first-order valence-corrected chi connectivity index (χ1v) is 13.2. The molecule has 0 spiro atoms. The van der Waals surface area contributed by atoms with E-state index in [-0.39, 0.29) is 10.1 Å². The molecule has 2 rings (SSSR count). The van der Waals surface area contributed by atoms with Crippen molar-refractivity contribution in [3.63, 3.8) is 0 Å². The number of thioether (sulfide) groups is 2. The lowest BCUT2D eigenvalue weighted by Gasteiger charge is -2.16. The minimum absolute atomic E-state index is 0.175. The molecular weight excluding hydrogens is 482 g/mol. The van der Waals surface area contributed by atoms with Crippen LogP contribution in [-0.4, -0.2) is 32.5 Å². The number of carbonyl (C=O) groups is 2. The van der Waals surface area contributed by atoms with Crippen molar-refractivity contribution in [1.29, 1.82) is 0 Å². The van der Waals surface area contributed by atoms with Gasteiger partial charge in [-0.05, 0) is 12.2 Å². The van der Waals surface area contributed by atoms with Gasteiger partial charge in [-0.2, -0.15) is 0 Å². The summed E-state index contributed by atoms with van der Waals surface area (Å²) >= 11 is 6.33. The summed E-state index contributed by atoms with van der Waals surface area (Å²) in [6.07, 6.45) is 11.0. The molecule has 0 N–H and O–H groups in total. The van der Waals surface area contributed by atoms with Crippen LogP contribution in [0.3, 0.4) is 0 Å². The summed E-state index contributed by atoms with van der Waals surface area (Å²) in [5, 5.41) is 0. The lowest BCUT2D eigenvalue weighted by atomic mass is 10.1. The molecule has 0 saturated carbocycles. The van der Waals surface area contributed by atoms with E-state index < -0.39 is 45.5 Å². The van der Waals surface area contributed by atoms with Crippen LogP contribution >= 0.6 is 35.7 Å². The fourth-order valence-corrected chi connectivity index (χ4v) is 5.39. The number of benzene rings is 1. The Balaban J connectivity index is 1.89. The monoisotopic (exact) mass is 509 g/mol. The highest BCUT2D eigenvalue weighted by Gasteiger charge is 2.38. The zero-order valence-corrected chi connectivity index (χ0v) is 20.4. The summed E-state index contributed by atoms with van der Waals surface area (Å²) < 4.78 is 57.7. The summed E-state index contributed by atoms with van der Waals surface area (Å²) in [7, 11) is 0. The highest BCUT2D eigenvalue weighted by molar-refractivity contribution is 8.24.